The van der Waals surface area contributed by atoms with Crippen LogP contribution in [0.15, 0.2) is 42.6 Å². The number of carboxylic acids is 1. The van der Waals surface area contributed by atoms with Crippen molar-refractivity contribution in [1.82, 2.24) is 9.88 Å². The van der Waals surface area contributed by atoms with Crippen LogP contribution >= 0.6 is 0 Å². The summed E-state index contributed by atoms with van der Waals surface area (Å²) in [6, 6.07) is 12.2. The van der Waals surface area contributed by atoms with Crippen molar-refractivity contribution in [3.8, 4) is 5.75 Å². The van der Waals surface area contributed by atoms with Gasteiger partial charge in [-0.25, -0.2) is 4.79 Å². The average molecular weight is 449 g/mol. The SMILES string of the molecule is CCO[C@@H]1C[C@@H]2CC[C@](c3ccc(C(=O)O)cc3)(C1)N2Cc1c(OC)cc(C)c2[nH]ccc12. The third kappa shape index (κ3) is 3.62. The Morgan fingerprint density at radius 1 is 1.27 bits per heavy atom. The zero-order valence-corrected chi connectivity index (χ0v) is 19.6. The van der Waals surface area contributed by atoms with E-state index in [1.807, 2.05) is 18.3 Å². The predicted molar refractivity (Wildman–Crippen MR) is 128 cm³/mol. The largest absolute Gasteiger partial charge is 0.496 e. The first-order chi connectivity index (χ1) is 16.0. The molecule has 6 heteroatoms. The normalized spacial score (nSPS) is 24.9. The Balaban J connectivity index is 1.59. The van der Waals surface area contributed by atoms with Crippen LogP contribution in [-0.4, -0.2) is 46.8 Å². The van der Waals surface area contributed by atoms with Crippen molar-refractivity contribution in [3.63, 3.8) is 0 Å². The number of fused-ring (bicyclic) bond motifs is 3. The molecule has 3 heterocycles. The number of methoxy groups -OCH3 is 1. The van der Waals surface area contributed by atoms with E-state index in [1.54, 1.807) is 19.2 Å². The molecule has 174 valence electrons. The predicted octanol–water partition coefficient (Wildman–Crippen LogP) is 5.24. The summed E-state index contributed by atoms with van der Waals surface area (Å²) in [6.07, 6.45) is 6.29. The van der Waals surface area contributed by atoms with Crippen molar-refractivity contribution < 1.29 is 19.4 Å². The topological polar surface area (TPSA) is 74.8 Å². The first kappa shape index (κ1) is 22.0. The summed E-state index contributed by atoms with van der Waals surface area (Å²) in [5.41, 5.74) is 4.85. The molecule has 6 nitrogen and oxygen atoms in total. The van der Waals surface area contributed by atoms with Gasteiger partial charge in [0.2, 0.25) is 0 Å². The number of H-pyrrole nitrogens is 1. The number of rotatable bonds is 7. The van der Waals surface area contributed by atoms with Gasteiger partial charge in [-0.3, -0.25) is 4.90 Å². The van der Waals surface area contributed by atoms with E-state index in [2.05, 4.69) is 35.9 Å². The number of piperidine rings is 1. The highest BCUT2D eigenvalue weighted by atomic mass is 16.5. The van der Waals surface area contributed by atoms with Gasteiger partial charge < -0.3 is 19.6 Å². The van der Waals surface area contributed by atoms with Crippen LogP contribution in [-0.2, 0) is 16.8 Å². The van der Waals surface area contributed by atoms with Crippen LogP contribution in [0.25, 0.3) is 10.9 Å². The molecule has 2 N–H and O–H groups in total. The lowest BCUT2D eigenvalue weighted by atomic mass is 9.79. The minimum Gasteiger partial charge on any atom is -0.496 e. The third-order valence-corrected chi connectivity index (χ3v) is 7.71. The summed E-state index contributed by atoms with van der Waals surface area (Å²) in [7, 11) is 1.74. The zero-order chi connectivity index (χ0) is 23.2. The van der Waals surface area contributed by atoms with Crippen molar-refractivity contribution in [2.75, 3.05) is 13.7 Å². The summed E-state index contributed by atoms with van der Waals surface area (Å²) in [4.78, 5) is 17.5. The molecule has 5 rings (SSSR count). The van der Waals surface area contributed by atoms with Gasteiger partial charge in [-0.2, -0.15) is 0 Å². The summed E-state index contributed by atoms with van der Waals surface area (Å²) >= 11 is 0. The van der Waals surface area contributed by atoms with E-state index in [0.717, 1.165) is 43.5 Å². The molecule has 2 aromatic carbocycles. The first-order valence-electron chi connectivity index (χ1n) is 11.8. The maximum absolute atomic E-state index is 11.4. The fourth-order valence-electron chi connectivity index (χ4n) is 6.23. The quantitative estimate of drug-likeness (QED) is 0.517. The van der Waals surface area contributed by atoms with Crippen LogP contribution in [0.2, 0.25) is 0 Å². The van der Waals surface area contributed by atoms with Crippen LogP contribution in [0, 0.1) is 6.92 Å². The summed E-state index contributed by atoms with van der Waals surface area (Å²) in [5, 5.41) is 10.6. The lowest BCUT2D eigenvalue weighted by Gasteiger charge is -2.48. The first-order valence-corrected chi connectivity index (χ1v) is 11.8. The van der Waals surface area contributed by atoms with Crippen molar-refractivity contribution in [1.29, 1.82) is 0 Å². The van der Waals surface area contributed by atoms with Crippen LogP contribution in [0.3, 0.4) is 0 Å². The Hall–Kier alpha value is -2.83. The zero-order valence-electron chi connectivity index (χ0n) is 19.6. The van der Waals surface area contributed by atoms with Crippen LogP contribution in [0.5, 0.6) is 5.75 Å². The lowest BCUT2D eigenvalue weighted by molar-refractivity contribution is -0.0593. The molecular weight excluding hydrogens is 416 g/mol. The van der Waals surface area contributed by atoms with Crippen LogP contribution < -0.4 is 4.74 Å². The number of nitrogens with one attached hydrogen (secondary N) is 1. The summed E-state index contributed by atoms with van der Waals surface area (Å²) in [5.74, 6) is 0.0255. The Labute approximate surface area is 194 Å². The van der Waals surface area contributed by atoms with Crippen LogP contribution in [0.1, 0.15) is 59.7 Å². The maximum atomic E-state index is 11.4. The summed E-state index contributed by atoms with van der Waals surface area (Å²) < 4.78 is 12.0. The van der Waals surface area contributed by atoms with E-state index in [9.17, 15) is 9.90 Å². The number of benzene rings is 2. The van der Waals surface area contributed by atoms with Gasteiger partial charge in [0.15, 0.2) is 0 Å². The van der Waals surface area contributed by atoms with E-state index >= 15 is 0 Å². The molecule has 0 aliphatic carbocycles. The number of nitrogens with zero attached hydrogens (tertiary/aromatic N) is 1. The van der Waals surface area contributed by atoms with Gasteiger partial charge in [-0.15, -0.1) is 0 Å². The third-order valence-electron chi connectivity index (χ3n) is 7.71. The Morgan fingerprint density at radius 3 is 2.76 bits per heavy atom. The fourth-order valence-corrected chi connectivity index (χ4v) is 6.23. The molecule has 0 unspecified atom stereocenters. The number of carboxylic acid groups (broad SMARTS) is 1. The molecule has 0 amide bonds. The van der Waals surface area contributed by atoms with E-state index in [0.29, 0.717) is 18.2 Å². The van der Waals surface area contributed by atoms with Gasteiger partial charge in [0.05, 0.1) is 18.8 Å². The standard InChI is InChI=1S/C27H32N2O4/c1-4-33-21-14-20-9-11-27(15-21,19-7-5-18(6-8-19)26(30)31)29(20)16-23-22-10-12-28-25(22)17(2)13-24(23)32-3/h5-8,10,12-13,20-21,28H,4,9,11,14-16H2,1-3H3,(H,30,31)/t20-,21+,27+/m0/s1. The van der Waals surface area contributed by atoms with Crippen molar-refractivity contribution >= 4 is 16.9 Å². The second-order valence-corrected chi connectivity index (χ2v) is 9.39. The molecule has 33 heavy (non-hydrogen) atoms. The van der Waals surface area contributed by atoms with Crippen molar-refractivity contribution in [2.24, 2.45) is 0 Å². The highest BCUT2D eigenvalue weighted by Crippen LogP contribution is 2.52. The number of aryl methyl sites for hydroxylation is 1. The van der Waals surface area contributed by atoms with Gasteiger partial charge in [0.25, 0.3) is 0 Å². The molecule has 0 saturated carbocycles. The molecule has 2 saturated heterocycles. The minimum absolute atomic E-state index is 0.182. The van der Waals surface area contributed by atoms with E-state index in [4.69, 9.17) is 9.47 Å². The molecule has 3 aromatic rings. The number of carbonyl (C=O) groups is 1. The highest BCUT2D eigenvalue weighted by molar-refractivity contribution is 5.88. The number of aromatic nitrogens is 1. The minimum atomic E-state index is -0.893. The van der Waals surface area contributed by atoms with E-state index in [1.165, 1.54) is 22.1 Å². The molecule has 3 atom stereocenters. The molecule has 2 bridgehead atoms. The van der Waals surface area contributed by atoms with Gasteiger partial charge in [0.1, 0.15) is 5.75 Å². The van der Waals surface area contributed by atoms with E-state index in [-0.39, 0.29) is 11.6 Å². The number of aromatic amines is 1. The highest BCUT2D eigenvalue weighted by Gasteiger charge is 2.53. The lowest BCUT2D eigenvalue weighted by Crippen LogP contribution is -2.52. The van der Waals surface area contributed by atoms with Gasteiger partial charge in [-0.05, 0) is 74.9 Å². The monoisotopic (exact) mass is 448 g/mol. The van der Waals surface area contributed by atoms with Gasteiger partial charge in [0, 0.05) is 47.4 Å². The molecule has 2 fully saturated rings. The Bertz CT molecular complexity index is 1170. The van der Waals surface area contributed by atoms with Gasteiger partial charge >= 0.3 is 5.97 Å². The average Bonchev–Trinajstić information content (AvgIpc) is 3.38. The number of ether oxygens (including phenoxy) is 2. The fraction of sp³-hybridized carbons (Fsp3) is 0.444. The summed E-state index contributed by atoms with van der Waals surface area (Å²) in [6.45, 7) is 5.65. The number of aromatic carboxylic acids is 1. The van der Waals surface area contributed by atoms with Crippen molar-refractivity contribution in [3.05, 3.63) is 64.8 Å². The van der Waals surface area contributed by atoms with Crippen LogP contribution in [0.4, 0.5) is 0 Å². The molecule has 2 aliphatic rings. The second kappa shape index (κ2) is 8.50. The second-order valence-electron chi connectivity index (χ2n) is 9.39. The Morgan fingerprint density at radius 2 is 2.06 bits per heavy atom. The molecule has 1 aromatic heterocycles. The molecule has 0 radical (unpaired) electrons. The molecule has 2 aliphatic heterocycles. The van der Waals surface area contributed by atoms with Gasteiger partial charge in [-0.1, -0.05) is 12.1 Å². The van der Waals surface area contributed by atoms with E-state index < -0.39 is 5.97 Å². The molecular formula is C27H32N2O4. The van der Waals surface area contributed by atoms with Crippen molar-refractivity contribution in [2.45, 2.75) is 63.8 Å². The molecule has 0 spiro atoms. The smallest absolute Gasteiger partial charge is 0.335 e. The number of hydrogen-bond donors (Lipinski definition) is 2. The number of hydrogen-bond acceptors (Lipinski definition) is 4. The maximum Gasteiger partial charge on any atom is 0.335 e. The Kier molecular flexibility index (Phi) is 5.67.